The zero-order chi connectivity index (χ0) is 23.3. The van der Waals surface area contributed by atoms with E-state index in [1.807, 2.05) is 6.07 Å². The van der Waals surface area contributed by atoms with Crippen LogP contribution in [-0.4, -0.2) is 38.0 Å². The van der Waals surface area contributed by atoms with Crippen LogP contribution in [-0.2, 0) is 11.8 Å². The number of anilines is 1. The molecule has 8 nitrogen and oxygen atoms in total. The van der Waals surface area contributed by atoms with Crippen LogP contribution in [0.25, 0.3) is 5.69 Å². The number of carbonyl (C=O) groups excluding carboxylic acids is 3. The molecule has 4 rings (SSSR count). The molecular formula is C22H18Cl2N4O4. The van der Waals surface area contributed by atoms with Crippen LogP contribution in [0.4, 0.5) is 5.69 Å². The Kier molecular flexibility index (Phi) is 5.44. The van der Waals surface area contributed by atoms with Crippen molar-refractivity contribution in [2.75, 3.05) is 5.32 Å². The molecule has 0 bridgehead atoms. The summed E-state index contributed by atoms with van der Waals surface area (Å²) >= 11 is 11.9. The Bertz CT molecular complexity index is 1300. The molecule has 0 spiro atoms. The summed E-state index contributed by atoms with van der Waals surface area (Å²) in [6.45, 7) is 3.10. The Balaban J connectivity index is 1.64. The Morgan fingerprint density at radius 1 is 0.969 bits per heavy atom. The molecule has 164 valence electrons. The molecule has 0 radical (unpaired) electrons. The highest BCUT2D eigenvalue weighted by Crippen LogP contribution is 2.32. The molecule has 1 N–H and O–H groups in total. The standard InChI is InChI=1S/C22H18Cl2N4O4/c1-11-18(22(32)28(26(11)3)13-7-5-4-6-8-13)25-19(29)12(2)27-20(30)14-9-16(23)17(24)10-15(14)21(27)31/h4-10,12H,1-3H3,(H,25,29). The number of aromatic nitrogens is 2. The second-order valence-corrected chi connectivity index (χ2v) is 8.21. The molecule has 1 aliphatic rings. The summed E-state index contributed by atoms with van der Waals surface area (Å²) in [6.07, 6.45) is 0. The molecule has 2 aromatic carbocycles. The van der Waals surface area contributed by atoms with Crippen LogP contribution in [0.15, 0.2) is 47.3 Å². The number of hydrogen-bond acceptors (Lipinski definition) is 4. The minimum absolute atomic E-state index is 0.0656. The van der Waals surface area contributed by atoms with E-state index in [4.69, 9.17) is 23.2 Å². The number of carbonyl (C=O) groups is 3. The van der Waals surface area contributed by atoms with Crippen LogP contribution < -0.4 is 10.9 Å². The first kappa shape index (κ1) is 21.9. The number of rotatable bonds is 4. The number of nitrogens with zero attached hydrogens (tertiary/aromatic N) is 3. The van der Waals surface area contributed by atoms with Crippen LogP contribution in [0.5, 0.6) is 0 Å². The van der Waals surface area contributed by atoms with E-state index in [0.29, 0.717) is 11.4 Å². The van der Waals surface area contributed by atoms with Gasteiger partial charge in [0, 0.05) is 7.05 Å². The van der Waals surface area contributed by atoms with E-state index >= 15 is 0 Å². The average Bonchev–Trinajstić information content (AvgIpc) is 3.13. The van der Waals surface area contributed by atoms with Crippen LogP contribution in [0.2, 0.25) is 10.0 Å². The van der Waals surface area contributed by atoms with Crippen LogP contribution in [0.3, 0.4) is 0 Å². The normalized spacial score (nSPS) is 14.0. The number of benzene rings is 2. The molecule has 0 saturated carbocycles. The summed E-state index contributed by atoms with van der Waals surface area (Å²) < 4.78 is 3.03. The van der Waals surface area contributed by atoms with Gasteiger partial charge in [-0.2, -0.15) is 0 Å². The lowest BCUT2D eigenvalue weighted by molar-refractivity contribution is -0.119. The quantitative estimate of drug-likeness (QED) is 0.588. The van der Waals surface area contributed by atoms with Gasteiger partial charge in [-0.05, 0) is 38.1 Å². The molecule has 1 aliphatic heterocycles. The van der Waals surface area contributed by atoms with E-state index in [1.54, 1.807) is 42.9 Å². The van der Waals surface area contributed by atoms with E-state index in [0.717, 1.165) is 4.90 Å². The average molecular weight is 473 g/mol. The molecule has 1 aromatic heterocycles. The van der Waals surface area contributed by atoms with Crippen molar-refractivity contribution >= 4 is 46.6 Å². The lowest BCUT2D eigenvalue weighted by atomic mass is 10.1. The third-order valence-electron chi connectivity index (χ3n) is 5.53. The highest BCUT2D eigenvalue weighted by Gasteiger charge is 2.41. The Morgan fingerprint density at radius 2 is 1.50 bits per heavy atom. The van der Waals surface area contributed by atoms with E-state index in [2.05, 4.69) is 5.32 Å². The monoisotopic (exact) mass is 472 g/mol. The van der Waals surface area contributed by atoms with Gasteiger partial charge in [0.25, 0.3) is 17.4 Å². The van der Waals surface area contributed by atoms with Crippen LogP contribution >= 0.6 is 23.2 Å². The van der Waals surface area contributed by atoms with Gasteiger partial charge in [-0.3, -0.25) is 28.8 Å². The van der Waals surface area contributed by atoms with Gasteiger partial charge in [-0.1, -0.05) is 41.4 Å². The van der Waals surface area contributed by atoms with E-state index in [-0.39, 0.29) is 26.9 Å². The summed E-state index contributed by atoms with van der Waals surface area (Å²) in [7, 11) is 1.69. The SMILES string of the molecule is Cc1c(NC(=O)C(C)N2C(=O)c3cc(Cl)c(Cl)cc3C2=O)c(=O)n(-c2ccccc2)n1C. The molecule has 1 atom stereocenters. The number of fused-ring (bicyclic) bond motifs is 1. The molecule has 0 saturated heterocycles. The molecular weight excluding hydrogens is 455 g/mol. The first-order chi connectivity index (χ1) is 15.1. The smallest absolute Gasteiger partial charge is 0.295 e. The zero-order valence-electron chi connectivity index (χ0n) is 17.3. The van der Waals surface area contributed by atoms with Gasteiger partial charge < -0.3 is 5.32 Å². The predicted molar refractivity (Wildman–Crippen MR) is 121 cm³/mol. The van der Waals surface area contributed by atoms with Crippen LogP contribution in [0.1, 0.15) is 33.3 Å². The van der Waals surface area contributed by atoms with Gasteiger partial charge >= 0.3 is 0 Å². The van der Waals surface area contributed by atoms with Gasteiger partial charge in [0.1, 0.15) is 11.7 Å². The molecule has 0 aliphatic carbocycles. The second kappa shape index (κ2) is 7.96. The molecule has 32 heavy (non-hydrogen) atoms. The largest absolute Gasteiger partial charge is 0.318 e. The fraction of sp³-hybridized carbons (Fsp3) is 0.182. The number of para-hydroxylation sites is 1. The first-order valence-electron chi connectivity index (χ1n) is 9.65. The third kappa shape index (κ3) is 3.32. The number of imide groups is 1. The Hall–Kier alpha value is -3.36. The molecule has 2 heterocycles. The number of amides is 3. The van der Waals surface area contributed by atoms with Crippen LogP contribution in [0, 0.1) is 6.92 Å². The summed E-state index contributed by atoms with van der Waals surface area (Å²) in [6, 6.07) is 10.4. The topological polar surface area (TPSA) is 93.4 Å². The fourth-order valence-corrected chi connectivity index (χ4v) is 3.99. The minimum atomic E-state index is -1.18. The van der Waals surface area contributed by atoms with Crippen molar-refractivity contribution in [1.29, 1.82) is 0 Å². The minimum Gasteiger partial charge on any atom is -0.318 e. The maximum absolute atomic E-state index is 13.0. The van der Waals surface area contributed by atoms with Crippen molar-refractivity contribution < 1.29 is 14.4 Å². The van der Waals surface area contributed by atoms with Crippen molar-refractivity contribution in [2.24, 2.45) is 7.05 Å². The summed E-state index contributed by atoms with van der Waals surface area (Å²) in [4.78, 5) is 52.4. The van der Waals surface area contributed by atoms with E-state index in [9.17, 15) is 19.2 Å². The van der Waals surface area contributed by atoms with Gasteiger partial charge in [-0.15, -0.1) is 0 Å². The summed E-state index contributed by atoms with van der Waals surface area (Å²) in [5, 5.41) is 2.85. The maximum atomic E-state index is 13.0. The lowest BCUT2D eigenvalue weighted by Gasteiger charge is -2.21. The summed E-state index contributed by atoms with van der Waals surface area (Å²) in [5.41, 5.74) is 0.928. The fourth-order valence-electron chi connectivity index (χ4n) is 3.66. The van der Waals surface area contributed by atoms with Crippen molar-refractivity contribution in [2.45, 2.75) is 19.9 Å². The third-order valence-corrected chi connectivity index (χ3v) is 6.25. The van der Waals surface area contributed by atoms with Gasteiger partial charge in [0.05, 0.1) is 32.6 Å². The Morgan fingerprint density at radius 3 is 2.03 bits per heavy atom. The van der Waals surface area contributed by atoms with Crippen molar-refractivity contribution in [3.8, 4) is 5.69 Å². The highest BCUT2D eigenvalue weighted by molar-refractivity contribution is 6.43. The second-order valence-electron chi connectivity index (χ2n) is 7.39. The molecule has 10 heteroatoms. The first-order valence-corrected chi connectivity index (χ1v) is 10.4. The number of hydrogen-bond donors (Lipinski definition) is 1. The number of halogens is 2. The molecule has 1 unspecified atom stereocenters. The van der Waals surface area contributed by atoms with E-state index < -0.39 is 29.3 Å². The van der Waals surface area contributed by atoms with Crippen molar-refractivity contribution in [3.05, 3.63) is 79.7 Å². The van der Waals surface area contributed by atoms with Gasteiger partial charge in [-0.25, -0.2) is 4.68 Å². The Labute approximate surface area is 192 Å². The molecule has 3 amide bonds. The van der Waals surface area contributed by atoms with Crippen molar-refractivity contribution in [1.82, 2.24) is 14.3 Å². The lowest BCUT2D eigenvalue weighted by Crippen LogP contribution is -2.45. The van der Waals surface area contributed by atoms with E-state index in [1.165, 1.54) is 23.7 Å². The highest BCUT2D eigenvalue weighted by atomic mass is 35.5. The molecule has 0 fully saturated rings. The zero-order valence-corrected chi connectivity index (χ0v) is 18.9. The molecule has 3 aromatic rings. The summed E-state index contributed by atoms with van der Waals surface area (Å²) in [5.74, 6) is -1.99. The van der Waals surface area contributed by atoms with Gasteiger partial charge in [0.15, 0.2) is 0 Å². The number of nitrogens with one attached hydrogen (secondary N) is 1. The van der Waals surface area contributed by atoms with Crippen molar-refractivity contribution in [3.63, 3.8) is 0 Å². The predicted octanol–water partition coefficient (Wildman–Crippen LogP) is 3.41. The maximum Gasteiger partial charge on any atom is 0.295 e. The van der Waals surface area contributed by atoms with Gasteiger partial charge in [0.2, 0.25) is 5.91 Å².